The van der Waals surface area contributed by atoms with Crippen LogP contribution in [0.15, 0.2) is 36.8 Å². The first kappa shape index (κ1) is 16.3. The van der Waals surface area contributed by atoms with Crippen LogP contribution in [0.2, 0.25) is 0 Å². The van der Waals surface area contributed by atoms with Crippen LogP contribution in [0, 0.1) is 0 Å². The Morgan fingerprint density at radius 1 is 1.07 bits per heavy atom. The molecule has 2 aromatic heterocycles. The van der Waals surface area contributed by atoms with Crippen LogP contribution in [0.3, 0.4) is 0 Å². The number of hydrogen-bond acceptors (Lipinski definition) is 5. The first-order valence-electron chi connectivity index (χ1n) is 9.57. The van der Waals surface area contributed by atoms with Crippen molar-refractivity contribution < 1.29 is 4.74 Å². The van der Waals surface area contributed by atoms with Crippen LogP contribution in [-0.2, 0) is 6.42 Å². The highest BCUT2D eigenvalue weighted by Gasteiger charge is 2.25. The van der Waals surface area contributed by atoms with E-state index in [1.54, 1.807) is 6.20 Å². The van der Waals surface area contributed by atoms with E-state index in [0.717, 1.165) is 54.9 Å². The molecule has 2 aliphatic rings. The van der Waals surface area contributed by atoms with Gasteiger partial charge in [0.2, 0.25) is 0 Å². The summed E-state index contributed by atoms with van der Waals surface area (Å²) in [7, 11) is 0. The Morgan fingerprint density at radius 2 is 2.04 bits per heavy atom. The Morgan fingerprint density at radius 3 is 2.85 bits per heavy atom. The summed E-state index contributed by atoms with van der Waals surface area (Å²) in [6.45, 7) is 1.87. The van der Waals surface area contributed by atoms with Crippen molar-refractivity contribution in [3.63, 3.8) is 0 Å². The molecule has 2 aliphatic heterocycles. The molecule has 1 atom stereocenters. The fourth-order valence-corrected chi connectivity index (χ4v) is 4.15. The van der Waals surface area contributed by atoms with Crippen LogP contribution in [0.25, 0.3) is 22.3 Å². The fourth-order valence-electron chi connectivity index (χ4n) is 4.15. The molecule has 4 N–H and O–H groups in total. The van der Waals surface area contributed by atoms with Crippen LogP contribution < -0.4 is 15.8 Å². The van der Waals surface area contributed by atoms with Crippen molar-refractivity contribution >= 4 is 5.82 Å². The van der Waals surface area contributed by atoms with Crippen LogP contribution in [-0.4, -0.2) is 28.3 Å². The average molecular weight is 361 g/mol. The molecule has 1 saturated heterocycles. The van der Waals surface area contributed by atoms with Crippen molar-refractivity contribution in [1.29, 1.82) is 0 Å². The number of benzene rings is 1. The number of H-pyrrole nitrogens is 1. The number of aryl methyl sites for hydroxylation is 1. The maximum atomic E-state index is 6.12. The van der Waals surface area contributed by atoms with Crippen molar-refractivity contribution in [2.45, 2.75) is 31.7 Å². The van der Waals surface area contributed by atoms with Gasteiger partial charge in [-0.1, -0.05) is 0 Å². The maximum Gasteiger partial charge on any atom is 0.131 e. The van der Waals surface area contributed by atoms with Gasteiger partial charge < -0.3 is 15.8 Å². The molecule has 0 saturated carbocycles. The second-order valence-electron chi connectivity index (χ2n) is 7.30. The van der Waals surface area contributed by atoms with Gasteiger partial charge in [-0.15, -0.1) is 0 Å². The molecule has 5 rings (SSSR count). The van der Waals surface area contributed by atoms with E-state index in [4.69, 9.17) is 10.5 Å². The largest absolute Gasteiger partial charge is 0.493 e. The van der Waals surface area contributed by atoms with E-state index >= 15 is 0 Å². The second kappa shape index (κ2) is 6.70. The van der Waals surface area contributed by atoms with Crippen LogP contribution >= 0.6 is 0 Å². The van der Waals surface area contributed by atoms with Gasteiger partial charge in [-0.2, -0.15) is 5.10 Å². The molecule has 4 heterocycles. The summed E-state index contributed by atoms with van der Waals surface area (Å²) in [5, 5.41) is 10.5. The number of nitrogens with two attached hydrogens (primary N) is 1. The molecule has 6 nitrogen and oxygen atoms in total. The quantitative estimate of drug-likeness (QED) is 0.665. The average Bonchev–Trinajstić information content (AvgIpc) is 3.41. The van der Waals surface area contributed by atoms with Crippen molar-refractivity contribution in [2.75, 3.05) is 18.9 Å². The number of anilines is 1. The number of pyridine rings is 1. The lowest BCUT2D eigenvalue weighted by Crippen LogP contribution is -2.17. The molecule has 6 heteroatoms. The summed E-state index contributed by atoms with van der Waals surface area (Å²) in [6, 6.07) is 6.98. The molecule has 0 spiro atoms. The van der Waals surface area contributed by atoms with E-state index in [9.17, 15) is 0 Å². The summed E-state index contributed by atoms with van der Waals surface area (Å²) in [6.07, 6.45) is 9.94. The lowest BCUT2D eigenvalue weighted by molar-refractivity contribution is 0.282. The Kier molecular flexibility index (Phi) is 4.05. The lowest BCUT2D eigenvalue weighted by atomic mass is 9.91. The third kappa shape index (κ3) is 2.96. The zero-order valence-electron chi connectivity index (χ0n) is 15.2. The monoisotopic (exact) mass is 361 g/mol. The van der Waals surface area contributed by atoms with E-state index in [2.05, 4.69) is 38.7 Å². The van der Waals surface area contributed by atoms with Gasteiger partial charge in [0.1, 0.15) is 11.6 Å². The van der Waals surface area contributed by atoms with E-state index in [1.807, 2.05) is 12.4 Å². The molecule has 1 fully saturated rings. The van der Waals surface area contributed by atoms with Gasteiger partial charge in [0.15, 0.2) is 0 Å². The standard InChI is InChI=1S/C21H23N5O/c22-21-17(16-11-25-26-12-16)9-15(10-24-21)14-7-13-3-2-6-27-20(13)18(8-14)19-4-1-5-23-19/h7-12,19,23H,1-6H2,(H2,22,24)(H,25,26). The van der Waals surface area contributed by atoms with Gasteiger partial charge in [0.05, 0.1) is 12.8 Å². The topological polar surface area (TPSA) is 88.8 Å². The minimum absolute atomic E-state index is 0.367. The number of nitrogen functional groups attached to an aromatic ring is 1. The number of aromatic amines is 1. The van der Waals surface area contributed by atoms with E-state index in [-0.39, 0.29) is 0 Å². The smallest absolute Gasteiger partial charge is 0.131 e. The van der Waals surface area contributed by atoms with Crippen molar-refractivity contribution in [3.8, 4) is 28.0 Å². The van der Waals surface area contributed by atoms with Gasteiger partial charge in [0, 0.05) is 40.7 Å². The third-order valence-corrected chi connectivity index (χ3v) is 5.53. The minimum atomic E-state index is 0.367. The van der Waals surface area contributed by atoms with Crippen molar-refractivity contribution in [3.05, 3.63) is 47.9 Å². The molecule has 0 aliphatic carbocycles. The van der Waals surface area contributed by atoms with E-state index in [1.165, 1.54) is 23.1 Å². The number of hydrogen-bond donors (Lipinski definition) is 3. The SMILES string of the molecule is Nc1ncc(-c2cc3c(c(C4CCCN4)c2)OCCC3)cc1-c1cn[nH]c1. The molecule has 0 radical (unpaired) electrons. The molecule has 0 bridgehead atoms. The summed E-state index contributed by atoms with van der Waals surface area (Å²) >= 11 is 0. The Labute approximate surface area is 158 Å². The minimum Gasteiger partial charge on any atom is -0.493 e. The van der Waals surface area contributed by atoms with Gasteiger partial charge in [0.25, 0.3) is 0 Å². The number of fused-ring (bicyclic) bond motifs is 1. The summed E-state index contributed by atoms with van der Waals surface area (Å²) in [5.74, 6) is 1.60. The molecule has 1 unspecified atom stereocenters. The molecule has 0 amide bonds. The molecule has 1 aromatic carbocycles. The summed E-state index contributed by atoms with van der Waals surface area (Å²) in [4.78, 5) is 4.44. The fraction of sp³-hybridized carbons (Fsp3) is 0.333. The van der Waals surface area contributed by atoms with Gasteiger partial charge in [-0.05, 0) is 61.6 Å². The van der Waals surface area contributed by atoms with Gasteiger partial charge in [-0.3, -0.25) is 5.10 Å². The first-order valence-corrected chi connectivity index (χ1v) is 9.57. The number of nitrogens with zero attached hydrogens (tertiary/aromatic N) is 2. The Bertz CT molecular complexity index is 961. The van der Waals surface area contributed by atoms with Crippen molar-refractivity contribution in [1.82, 2.24) is 20.5 Å². The van der Waals surface area contributed by atoms with E-state index in [0.29, 0.717) is 11.9 Å². The third-order valence-electron chi connectivity index (χ3n) is 5.53. The summed E-state index contributed by atoms with van der Waals surface area (Å²) < 4.78 is 6.07. The molecule has 27 heavy (non-hydrogen) atoms. The highest BCUT2D eigenvalue weighted by atomic mass is 16.5. The van der Waals surface area contributed by atoms with Crippen molar-refractivity contribution in [2.24, 2.45) is 0 Å². The van der Waals surface area contributed by atoms with E-state index < -0.39 is 0 Å². The van der Waals surface area contributed by atoms with Gasteiger partial charge >= 0.3 is 0 Å². The molecule has 3 aromatic rings. The van der Waals surface area contributed by atoms with Gasteiger partial charge in [-0.25, -0.2) is 4.98 Å². The zero-order valence-corrected chi connectivity index (χ0v) is 15.2. The Balaban J connectivity index is 1.63. The first-order chi connectivity index (χ1) is 13.3. The number of rotatable bonds is 3. The second-order valence-corrected chi connectivity index (χ2v) is 7.30. The van der Waals surface area contributed by atoms with Crippen LogP contribution in [0.5, 0.6) is 5.75 Å². The highest BCUT2D eigenvalue weighted by Crippen LogP contribution is 2.40. The van der Waals surface area contributed by atoms with Crippen LogP contribution in [0.4, 0.5) is 5.82 Å². The maximum absolute atomic E-state index is 6.12. The summed E-state index contributed by atoms with van der Waals surface area (Å²) in [5.41, 5.74) is 12.8. The molecular formula is C21H23N5O. The molecular weight excluding hydrogens is 338 g/mol. The highest BCUT2D eigenvalue weighted by molar-refractivity contribution is 5.79. The number of nitrogens with one attached hydrogen (secondary N) is 2. The molecule has 138 valence electrons. The zero-order chi connectivity index (χ0) is 18.2. The van der Waals surface area contributed by atoms with Crippen LogP contribution in [0.1, 0.15) is 36.4 Å². The lowest BCUT2D eigenvalue weighted by Gasteiger charge is -2.25. The normalized spacial score (nSPS) is 18.9. The predicted molar refractivity (Wildman–Crippen MR) is 105 cm³/mol. The number of ether oxygens (including phenoxy) is 1. The Hall–Kier alpha value is -2.86. The predicted octanol–water partition coefficient (Wildman–Crippen LogP) is 3.47. The number of aromatic nitrogens is 3.